The molecule has 2 unspecified atom stereocenters. The van der Waals surface area contributed by atoms with Crippen LogP contribution in [0.15, 0.2) is 31.4 Å². The number of ether oxygens (including phenoxy) is 1. The fourth-order valence-electron chi connectivity index (χ4n) is 5.54. The third-order valence-electron chi connectivity index (χ3n) is 7.89. The number of thiol groups is 2. The summed E-state index contributed by atoms with van der Waals surface area (Å²) in [5.41, 5.74) is 7.65. The maximum atomic E-state index is 13.4. The van der Waals surface area contributed by atoms with Gasteiger partial charge in [0.1, 0.15) is 30.3 Å². The number of aromatic nitrogens is 9. The van der Waals surface area contributed by atoms with E-state index in [0.717, 1.165) is 0 Å². The van der Waals surface area contributed by atoms with Gasteiger partial charge in [0.2, 0.25) is 11.7 Å². The van der Waals surface area contributed by atoms with Crippen LogP contribution in [0.4, 0.5) is 5.82 Å². The molecular weight excluding hydrogens is 670 g/mol. The highest BCUT2D eigenvalue weighted by atomic mass is 32.7. The summed E-state index contributed by atoms with van der Waals surface area (Å²) in [6.45, 7) is -7.66. The van der Waals surface area contributed by atoms with Crippen LogP contribution in [0.1, 0.15) is 31.5 Å². The average Bonchev–Trinajstić information content (AvgIpc) is 3.78. The minimum Gasteiger partial charge on any atom is -0.493 e. The maximum absolute atomic E-state index is 13.4. The van der Waals surface area contributed by atoms with Crippen LogP contribution in [0.25, 0.3) is 28.1 Å². The Kier molecular flexibility index (Phi) is 8.07. The smallest absolute Gasteiger partial charge is 0.386 e. The van der Waals surface area contributed by atoms with Gasteiger partial charge in [-0.25, -0.2) is 34.0 Å². The van der Waals surface area contributed by atoms with E-state index in [-0.39, 0.29) is 43.3 Å². The summed E-state index contributed by atoms with van der Waals surface area (Å²) in [7, 11) is 1.20. The molecule has 22 heteroatoms. The Labute approximate surface area is 265 Å². The van der Waals surface area contributed by atoms with E-state index in [2.05, 4.69) is 54.4 Å². The minimum atomic E-state index is -3.90. The lowest BCUT2D eigenvalue weighted by atomic mass is 9.81. The molecule has 2 fully saturated rings. The number of fused-ring (bicyclic) bond motifs is 3. The van der Waals surface area contributed by atoms with E-state index >= 15 is 0 Å². The Morgan fingerprint density at radius 3 is 2.56 bits per heavy atom. The first-order chi connectivity index (χ1) is 21.5. The molecule has 1 saturated heterocycles. The van der Waals surface area contributed by atoms with Gasteiger partial charge in [-0.05, 0) is 18.8 Å². The summed E-state index contributed by atoms with van der Waals surface area (Å²) in [5, 5.41) is 10.5. The van der Waals surface area contributed by atoms with E-state index in [0.29, 0.717) is 40.9 Å². The van der Waals surface area contributed by atoms with Gasteiger partial charge in [-0.3, -0.25) is 18.0 Å². The standard InChI is InChI=1S/C23H28N10O8P2S2/c1-37-42(35,44)39-8-15-14(6-16(40-15)33-11-28-17-19(24)26-9-27-20(17)33)41-43(36,45)38-7-12-4-13(5-12)32-10-29-18-21(32)30-23-25-2-3-31(23)22(18)34/h2-3,9-16,34H,4-8H2,1H3,(H,35,44)(H,36,45)(H2,24,26,27)/t12-,13+,14-,15+,16+,42?,43?/m0/s1. The molecule has 5 aromatic heterocycles. The number of nitrogen functional groups attached to an aromatic ring is 1. The molecule has 0 radical (unpaired) electrons. The average molecular weight is 699 g/mol. The van der Waals surface area contributed by atoms with Gasteiger partial charge in [-0.2, -0.15) is 4.98 Å². The molecule has 7 rings (SSSR count). The number of nitrogens with zero attached hydrogens (tertiary/aromatic N) is 9. The molecule has 1 aliphatic carbocycles. The van der Waals surface area contributed by atoms with Crippen LogP contribution in [0, 0.1) is 5.92 Å². The van der Waals surface area contributed by atoms with Crippen molar-refractivity contribution in [1.82, 2.24) is 43.4 Å². The zero-order valence-corrected chi connectivity index (χ0v) is 27.1. The number of hydrogen-bond acceptors (Lipinski definition) is 15. The number of rotatable bonds is 11. The summed E-state index contributed by atoms with van der Waals surface area (Å²) < 4.78 is 58.5. The van der Waals surface area contributed by atoms with Gasteiger partial charge in [0.15, 0.2) is 22.6 Å². The molecule has 3 N–H and O–H groups in total. The summed E-state index contributed by atoms with van der Waals surface area (Å²) in [4.78, 5) is 25.5. The van der Waals surface area contributed by atoms with Crippen molar-refractivity contribution in [2.75, 3.05) is 26.1 Å². The van der Waals surface area contributed by atoms with Gasteiger partial charge in [0, 0.05) is 32.0 Å². The van der Waals surface area contributed by atoms with Gasteiger partial charge >= 0.3 is 13.6 Å². The monoisotopic (exact) mass is 698 g/mol. The highest BCUT2D eigenvalue weighted by Crippen LogP contribution is 2.58. The topological polar surface area (TPSA) is 218 Å². The third kappa shape index (κ3) is 5.94. The summed E-state index contributed by atoms with van der Waals surface area (Å²) in [6.07, 6.45) is 6.82. The Morgan fingerprint density at radius 2 is 1.76 bits per heavy atom. The largest absolute Gasteiger partial charge is 0.493 e. The predicted octanol–water partition coefficient (Wildman–Crippen LogP) is 3.59. The SMILES string of the molecule is COP(=O)(S)OC[C@H]1O[C@@H](n2cnc3c(N)ncnc32)C[C@@H]1OP(=O)(S)OC[C@H]1C[C@@H](n2cnc3c(O)n4ccnc4nc32)C1. The molecule has 0 amide bonds. The highest BCUT2D eigenvalue weighted by Gasteiger charge is 2.43. The van der Waals surface area contributed by atoms with Gasteiger partial charge in [-0.15, -0.1) is 0 Å². The van der Waals surface area contributed by atoms with Crippen LogP contribution < -0.4 is 5.73 Å². The number of hydrogen-bond donors (Lipinski definition) is 4. The van der Waals surface area contributed by atoms with Gasteiger partial charge in [0.25, 0.3) is 0 Å². The van der Waals surface area contributed by atoms with Gasteiger partial charge < -0.3 is 29.2 Å². The second kappa shape index (κ2) is 11.8. The molecule has 240 valence electrons. The molecule has 0 spiro atoms. The second-order valence-corrected chi connectivity index (χ2v) is 16.6. The maximum Gasteiger partial charge on any atom is 0.386 e. The molecule has 6 heterocycles. The lowest BCUT2D eigenvalue weighted by Gasteiger charge is -2.36. The van der Waals surface area contributed by atoms with Crippen LogP contribution in [0.2, 0.25) is 0 Å². The van der Waals surface area contributed by atoms with Gasteiger partial charge in [-0.1, -0.05) is 24.5 Å². The van der Waals surface area contributed by atoms with Crippen LogP contribution in [-0.4, -0.2) is 81.1 Å². The molecule has 0 aromatic carbocycles. The van der Waals surface area contributed by atoms with Crippen LogP contribution in [0.3, 0.4) is 0 Å². The zero-order valence-electron chi connectivity index (χ0n) is 23.5. The first-order valence-corrected chi connectivity index (χ1v) is 19.1. The van der Waals surface area contributed by atoms with Crippen molar-refractivity contribution in [3.05, 3.63) is 31.4 Å². The Bertz CT molecular complexity index is 1980. The Balaban J connectivity index is 1.00. The first-order valence-electron chi connectivity index (χ1n) is 13.7. The van der Waals surface area contributed by atoms with E-state index in [4.69, 9.17) is 28.6 Å². The molecule has 1 aliphatic heterocycles. The number of aromatic hydroxyl groups is 1. The zero-order chi connectivity index (χ0) is 31.5. The lowest BCUT2D eigenvalue weighted by molar-refractivity contribution is -0.0368. The lowest BCUT2D eigenvalue weighted by Crippen LogP contribution is -2.30. The highest BCUT2D eigenvalue weighted by molar-refractivity contribution is 8.44. The van der Waals surface area contributed by atoms with Crippen molar-refractivity contribution < 1.29 is 37.1 Å². The van der Waals surface area contributed by atoms with E-state index in [1.165, 1.54) is 24.2 Å². The van der Waals surface area contributed by atoms with Crippen molar-refractivity contribution in [3.8, 4) is 5.88 Å². The number of nitrogens with two attached hydrogens (primary N) is 1. The summed E-state index contributed by atoms with van der Waals surface area (Å²) in [5.74, 6) is 0.608. The van der Waals surface area contributed by atoms with Crippen molar-refractivity contribution >= 4 is 72.0 Å². The Hall–Kier alpha value is -2.80. The van der Waals surface area contributed by atoms with Crippen molar-refractivity contribution in [1.29, 1.82) is 0 Å². The molecule has 18 nitrogen and oxygen atoms in total. The number of anilines is 1. The minimum absolute atomic E-state index is 0.0292. The molecule has 5 atom stereocenters. The van der Waals surface area contributed by atoms with Crippen molar-refractivity contribution in [2.24, 2.45) is 5.92 Å². The normalized spacial score (nSPS) is 26.3. The quantitative estimate of drug-likeness (QED) is 0.114. The summed E-state index contributed by atoms with van der Waals surface area (Å²) in [6, 6.07) is 0.0548. The molecule has 0 bridgehead atoms. The molecular formula is C23H28N10O8P2S2. The Morgan fingerprint density at radius 1 is 1.00 bits per heavy atom. The van der Waals surface area contributed by atoms with E-state index in [9.17, 15) is 14.2 Å². The van der Waals surface area contributed by atoms with Crippen LogP contribution in [-0.2, 0) is 32.0 Å². The second-order valence-electron chi connectivity index (χ2n) is 10.7. The molecule has 45 heavy (non-hydrogen) atoms. The van der Waals surface area contributed by atoms with Crippen LogP contribution in [0.5, 0.6) is 5.88 Å². The van der Waals surface area contributed by atoms with E-state index in [1.807, 2.05) is 4.57 Å². The van der Waals surface area contributed by atoms with Crippen molar-refractivity contribution in [2.45, 2.75) is 43.7 Å². The molecule has 2 aliphatic rings. The van der Waals surface area contributed by atoms with Crippen LogP contribution >= 0.6 is 38.1 Å². The fraction of sp³-hybridized carbons (Fsp3) is 0.478. The van der Waals surface area contributed by atoms with Crippen molar-refractivity contribution in [3.63, 3.8) is 0 Å². The molecule has 1 saturated carbocycles. The third-order valence-corrected chi connectivity index (χ3v) is 11.3. The van der Waals surface area contributed by atoms with E-state index < -0.39 is 32.0 Å². The fourth-order valence-corrected chi connectivity index (χ4v) is 7.77. The molecule has 5 aromatic rings. The predicted molar refractivity (Wildman–Crippen MR) is 165 cm³/mol. The first kappa shape index (κ1) is 30.8. The van der Waals surface area contributed by atoms with Gasteiger partial charge in [0.05, 0.1) is 25.9 Å². The van der Waals surface area contributed by atoms with E-state index in [1.54, 1.807) is 23.3 Å². The number of imidazole rings is 3. The summed E-state index contributed by atoms with van der Waals surface area (Å²) >= 11 is 8.14.